The van der Waals surface area contributed by atoms with Crippen molar-refractivity contribution in [2.75, 3.05) is 0 Å². The topological polar surface area (TPSA) is 101 Å². The van der Waals surface area contributed by atoms with Crippen molar-refractivity contribution in [3.63, 3.8) is 0 Å². The summed E-state index contributed by atoms with van der Waals surface area (Å²) in [5.41, 5.74) is 3.64. The number of carboxylic acids is 2. The number of carbonyl (C=O) groups is 2. The molecule has 0 saturated carbocycles. The van der Waals surface area contributed by atoms with Crippen LogP contribution in [-0.2, 0) is 22.2 Å². The van der Waals surface area contributed by atoms with Crippen molar-refractivity contribution in [2.45, 2.75) is 25.1 Å². The fourth-order valence-corrected chi connectivity index (χ4v) is 1.85. The number of carboxylic acid groups (broad SMARTS) is 2. The Balaban J connectivity index is 3.03. The smallest absolute Gasteiger partial charge is 0.416 e. The number of benzene rings is 1. The Kier molecular flexibility index (Phi) is 5.48. The lowest BCUT2D eigenvalue weighted by Gasteiger charge is -2.16. The maximum Gasteiger partial charge on any atom is 0.416 e. The van der Waals surface area contributed by atoms with Gasteiger partial charge in [0, 0.05) is 0 Å². The summed E-state index contributed by atoms with van der Waals surface area (Å²) in [6.07, 6.45) is -5.81. The average molecular weight is 323 g/mol. The Labute approximate surface area is 122 Å². The molecular weight excluding hydrogens is 310 g/mol. The van der Waals surface area contributed by atoms with E-state index in [9.17, 15) is 27.2 Å². The van der Waals surface area contributed by atoms with Crippen LogP contribution in [0.15, 0.2) is 18.2 Å². The fraction of sp³-hybridized carbons (Fsp3) is 0.385. The number of hydrogen-bond donors (Lipinski definition) is 3. The first-order chi connectivity index (χ1) is 10.0. The number of halogens is 4. The van der Waals surface area contributed by atoms with E-state index in [0.29, 0.717) is 18.2 Å². The van der Waals surface area contributed by atoms with E-state index in [4.69, 9.17) is 15.9 Å². The van der Waals surface area contributed by atoms with Crippen LogP contribution in [0.25, 0.3) is 0 Å². The van der Waals surface area contributed by atoms with Gasteiger partial charge in [0.2, 0.25) is 0 Å². The lowest BCUT2D eigenvalue weighted by molar-refractivity contribution is -0.143. The van der Waals surface area contributed by atoms with Crippen LogP contribution in [0.2, 0.25) is 0 Å². The second kappa shape index (κ2) is 6.73. The first-order valence-electron chi connectivity index (χ1n) is 6.09. The van der Waals surface area contributed by atoms with Gasteiger partial charge in [0.15, 0.2) is 0 Å². The molecule has 0 aromatic heterocycles. The fourth-order valence-electron chi connectivity index (χ4n) is 1.85. The van der Waals surface area contributed by atoms with E-state index in [1.165, 1.54) is 0 Å². The maximum atomic E-state index is 13.6. The molecule has 0 unspecified atom stereocenters. The van der Waals surface area contributed by atoms with Gasteiger partial charge in [-0.05, 0) is 36.6 Å². The summed E-state index contributed by atoms with van der Waals surface area (Å²) in [7, 11) is 0. The molecule has 0 saturated heterocycles. The van der Waals surface area contributed by atoms with E-state index in [1.807, 2.05) is 0 Å². The van der Waals surface area contributed by atoms with Crippen LogP contribution in [0.3, 0.4) is 0 Å². The lowest BCUT2D eigenvalue weighted by Crippen LogP contribution is -2.35. The zero-order valence-corrected chi connectivity index (χ0v) is 11.1. The van der Waals surface area contributed by atoms with Crippen LogP contribution < -0.4 is 5.73 Å². The minimum atomic E-state index is -4.70. The van der Waals surface area contributed by atoms with Gasteiger partial charge in [0.05, 0.1) is 11.5 Å². The number of nitrogens with two attached hydrogens (primary N) is 1. The predicted molar refractivity (Wildman–Crippen MR) is 66.5 cm³/mol. The molecule has 0 heterocycles. The molecule has 1 aromatic rings. The number of aliphatic carboxylic acids is 2. The highest BCUT2D eigenvalue weighted by Gasteiger charge is 2.32. The largest absolute Gasteiger partial charge is 0.481 e. The highest BCUT2D eigenvalue weighted by atomic mass is 19.4. The minimum Gasteiger partial charge on any atom is -0.481 e. The van der Waals surface area contributed by atoms with Crippen LogP contribution in [0.1, 0.15) is 17.5 Å². The molecular formula is C13H13F4NO4. The zero-order chi connectivity index (χ0) is 17.1. The number of hydrogen-bond acceptors (Lipinski definition) is 3. The third kappa shape index (κ3) is 4.69. The van der Waals surface area contributed by atoms with Gasteiger partial charge < -0.3 is 15.9 Å². The molecule has 122 valence electrons. The molecule has 0 aliphatic rings. The highest BCUT2D eigenvalue weighted by molar-refractivity contribution is 5.76. The van der Waals surface area contributed by atoms with Crippen LogP contribution in [0.4, 0.5) is 17.6 Å². The van der Waals surface area contributed by atoms with Crippen molar-refractivity contribution in [1.82, 2.24) is 0 Å². The molecule has 1 aromatic carbocycles. The van der Waals surface area contributed by atoms with Gasteiger partial charge in [-0.15, -0.1) is 0 Å². The Hall–Kier alpha value is -2.16. The Bertz CT molecular complexity index is 574. The first kappa shape index (κ1) is 17.9. The maximum absolute atomic E-state index is 13.6. The summed E-state index contributed by atoms with van der Waals surface area (Å²) < 4.78 is 51.3. The van der Waals surface area contributed by atoms with Gasteiger partial charge in [-0.1, -0.05) is 0 Å². The SMILES string of the molecule is N[C@@H](C[C@H](Cc1cc(C(F)(F)F)ccc1F)C(=O)O)C(=O)O. The Morgan fingerprint density at radius 3 is 2.23 bits per heavy atom. The minimum absolute atomic E-state index is 0.459. The number of rotatable bonds is 6. The van der Waals surface area contributed by atoms with E-state index in [-0.39, 0.29) is 0 Å². The molecule has 0 radical (unpaired) electrons. The summed E-state index contributed by atoms with van der Waals surface area (Å²) in [4.78, 5) is 21.7. The first-order valence-corrected chi connectivity index (χ1v) is 6.09. The molecule has 2 atom stereocenters. The van der Waals surface area contributed by atoms with Gasteiger partial charge in [-0.3, -0.25) is 9.59 Å². The van der Waals surface area contributed by atoms with Crippen molar-refractivity contribution in [2.24, 2.45) is 11.7 Å². The lowest BCUT2D eigenvalue weighted by atomic mass is 9.92. The van der Waals surface area contributed by atoms with Crippen LogP contribution in [-0.4, -0.2) is 28.2 Å². The zero-order valence-electron chi connectivity index (χ0n) is 11.1. The van der Waals surface area contributed by atoms with Crippen molar-refractivity contribution >= 4 is 11.9 Å². The van der Waals surface area contributed by atoms with Crippen molar-refractivity contribution < 1.29 is 37.4 Å². The Morgan fingerprint density at radius 1 is 1.18 bits per heavy atom. The summed E-state index contributed by atoms with van der Waals surface area (Å²) >= 11 is 0. The molecule has 4 N–H and O–H groups in total. The molecule has 1 rings (SSSR count). The quantitative estimate of drug-likeness (QED) is 0.694. The van der Waals surface area contributed by atoms with Crippen molar-refractivity contribution in [1.29, 1.82) is 0 Å². The van der Waals surface area contributed by atoms with Crippen LogP contribution in [0, 0.1) is 11.7 Å². The second-order valence-corrected chi connectivity index (χ2v) is 4.72. The molecule has 9 heteroatoms. The molecule has 0 fully saturated rings. The molecule has 5 nitrogen and oxygen atoms in total. The van der Waals surface area contributed by atoms with Crippen LogP contribution >= 0.6 is 0 Å². The van der Waals surface area contributed by atoms with E-state index < -0.39 is 59.9 Å². The standard InChI is InChI=1S/C13H13F4NO4/c14-9-2-1-8(13(15,16)17)4-6(9)3-7(11(19)20)5-10(18)12(21)22/h1-2,4,7,10H,3,5,18H2,(H,19,20)(H,21,22)/t7-,10-/m0/s1. The third-order valence-corrected chi connectivity index (χ3v) is 3.04. The van der Waals surface area contributed by atoms with E-state index in [2.05, 4.69) is 0 Å². The summed E-state index contributed by atoms with van der Waals surface area (Å²) in [6, 6.07) is 0.138. The van der Waals surface area contributed by atoms with Crippen molar-refractivity contribution in [3.05, 3.63) is 35.1 Å². The molecule has 0 spiro atoms. The average Bonchev–Trinajstić information content (AvgIpc) is 2.38. The monoisotopic (exact) mass is 323 g/mol. The highest BCUT2D eigenvalue weighted by Crippen LogP contribution is 2.31. The van der Waals surface area contributed by atoms with Gasteiger partial charge >= 0.3 is 18.1 Å². The third-order valence-electron chi connectivity index (χ3n) is 3.04. The molecule has 0 aliphatic carbocycles. The summed E-state index contributed by atoms with van der Waals surface area (Å²) in [6.45, 7) is 0. The van der Waals surface area contributed by atoms with Gasteiger partial charge in [0.1, 0.15) is 11.9 Å². The molecule has 22 heavy (non-hydrogen) atoms. The molecule has 0 bridgehead atoms. The summed E-state index contributed by atoms with van der Waals surface area (Å²) in [5, 5.41) is 17.6. The normalized spacial score (nSPS) is 14.4. The Morgan fingerprint density at radius 2 is 1.77 bits per heavy atom. The van der Waals surface area contributed by atoms with Crippen LogP contribution in [0.5, 0.6) is 0 Å². The number of alkyl halides is 3. The summed E-state index contributed by atoms with van der Waals surface area (Å²) in [5.74, 6) is -5.32. The van der Waals surface area contributed by atoms with Gasteiger partial charge in [0.25, 0.3) is 0 Å². The van der Waals surface area contributed by atoms with E-state index in [1.54, 1.807) is 0 Å². The van der Waals surface area contributed by atoms with Gasteiger partial charge in [-0.2, -0.15) is 13.2 Å². The van der Waals surface area contributed by atoms with E-state index in [0.717, 1.165) is 0 Å². The molecule has 0 amide bonds. The van der Waals surface area contributed by atoms with Gasteiger partial charge in [-0.25, -0.2) is 4.39 Å². The second-order valence-electron chi connectivity index (χ2n) is 4.72. The predicted octanol–water partition coefficient (Wildman–Crippen LogP) is 1.89. The van der Waals surface area contributed by atoms with E-state index >= 15 is 0 Å². The molecule has 0 aliphatic heterocycles. The van der Waals surface area contributed by atoms with Crippen molar-refractivity contribution in [3.8, 4) is 0 Å².